The van der Waals surface area contributed by atoms with Crippen LogP contribution in [0.2, 0.25) is 10.0 Å². The molecule has 0 spiro atoms. The number of piperidine rings is 1. The Morgan fingerprint density at radius 3 is 2.38 bits per heavy atom. The predicted octanol–water partition coefficient (Wildman–Crippen LogP) is 6.52. The van der Waals surface area contributed by atoms with Gasteiger partial charge in [0.15, 0.2) is 0 Å². The summed E-state index contributed by atoms with van der Waals surface area (Å²) in [6.07, 6.45) is 1.72. The Bertz CT molecular complexity index is 953. The molecule has 1 atom stereocenters. The summed E-state index contributed by atoms with van der Waals surface area (Å²) >= 11 is 12.2. The molecule has 1 N–H and O–H groups in total. The van der Waals surface area contributed by atoms with Crippen molar-refractivity contribution in [3.63, 3.8) is 0 Å². The molecule has 1 fully saturated rings. The van der Waals surface area contributed by atoms with Gasteiger partial charge in [-0.3, -0.25) is 9.69 Å². The lowest BCUT2D eigenvalue weighted by Gasteiger charge is -2.32. The Labute approximate surface area is 202 Å². The minimum absolute atomic E-state index is 0.0415. The highest BCUT2D eigenvalue weighted by Gasteiger charge is 2.26. The van der Waals surface area contributed by atoms with Crippen LogP contribution in [0, 0.1) is 12.8 Å². The summed E-state index contributed by atoms with van der Waals surface area (Å²) in [4.78, 5) is 15.4. The normalized spacial score (nSPS) is 16.2. The fraction of sp³-hybridized carbons (Fsp3) is 0.500. The fourth-order valence-electron chi connectivity index (χ4n) is 4.47. The summed E-state index contributed by atoms with van der Waals surface area (Å²) < 4.78 is 5.56. The molecule has 2 aromatic carbocycles. The van der Waals surface area contributed by atoms with Gasteiger partial charge in [0.2, 0.25) is 5.91 Å². The number of nitrogens with zero attached hydrogens (tertiary/aromatic N) is 1. The molecular weight excluding hydrogens is 443 g/mol. The number of amides is 1. The number of carbonyl (C=O) groups excluding carboxylic acids is 1. The van der Waals surface area contributed by atoms with Gasteiger partial charge in [0.1, 0.15) is 5.75 Å². The van der Waals surface area contributed by atoms with E-state index in [1.54, 1.807) is 7.11 Å². The molecular formula is C26H34Cl2N2O2. The summed E-state index contributed by atoms with van der Waals surface area (Å²) in [6, 6.07) is 10.00. The first kappa shape index (κ1) is 24.9. The van der Waals surface area contributed by atoms with Crippen molar-refractivity contribution in [2.45, 2.75) is 59.0 Å². The number of halogens is 2. The SMILES string of the molecule is COc1cc(C)c([C@@H](C)NC(=O)C2CCN(Cc3ccc(Cl)c(Cl)c3)CC2)cc1C(C)C. The molecule has 0 radical (unpaired) electrons. The third-order valence-electron chi connectivity index (χ3n) is 6.41. The molecule has 0 aromatic heterocycles. The molecule has 1 saturated heterocycles. The number of nitrogens with one attached hydrogen (secondary N) is 1. The molecule has 4 nitrogen and oxygen atoms in total. The van der Waals surface area contributed by atoms with Crippen LogP contribution in [0.5, 0.6) is 5.75 Å². The number of methoxy groups -OCH3 is 1. The van der Waals surface area contributed by atoms with E-state index in [2.05, 4.69) is 50.0 Å². The van der Waals surface area contributed by atoms with E-state index in [-0.39, 0.29) is 17.9 Å². The van der Waals surface area contributed by atoms with Gasteiger partial charge in [-0.15, -0.1) is 0 Å². The summed E-state index contributed by atoms with van der Waals surface area (Å²) in [6.45, 7) is 11.1. The standard InChI is InChI=1S/C26H34Cl2N2O2/c1-16(2)21-14-22(17(3)12-25(21)32-5)18(4)29-26(31)20-8-10-30(11-9-20)15-19-6-7-23(27)24(28)13-19/h6-7,12-14,16,18,20H,8-11,15H2,1-5H3,(H,29,31)/t18-/m1/s1. The number of likely N-dealkylation sites (tertiary alicyclic amines) is 1. The second-order valence-corrected chi connectivity index (χ2v) is 9.95. The number of hydrogen-bond acceptors (Lipinski definition) is 3. The average Bonchev–Trinajstić information content (AvgIpc) is 2.76. The highest BCUT2D eigenvalue weighted by Crippen LogP contribution is 2.32. The van der Waals surface area contributed by atoms with Gasteiger partial charge in [-0.05, 0) is 92.2 Å². The topological polar surface area (TPSA) is 41.6 Å². The summed E-state index contributed by atoms with van der Waals surface area (Å²) in [5.74, 6) is 1.46. The van der Waals surface area contributed by atoms with E-state index in [1.807, 2.05) is 18.2 Å². The third kappa shape index (κ3) is 5.98. The van der Waals surface area contributed by atoms with Gasteiger partial charge in [-0.1, -0.05) is 43.1 Å². The van der Waals surface area contributed by atoms with Gasteiger partial charge in [0.25, 0.3) is 0 Å². The maximum Gasteiger partial charge on any atom is 0.223 e. The zero-order valence-corrected chi connectivity index (χ0v) is 21.2. The number of rotatable bonds is 7. The van der Waals surface area contributed by atoms with Gasteiger partial charge in [-0.25, -0.2) is 0 Å². The molecule has 1 aliphatic rings. The molecule has 0 bridgehead atoms. The second-order valence-electron chi connectivity index (χ2n) is 9.13. The lowest BCUT2D eigenvalue weighted by molar-refractivity contribution is -0.127. The van der Waals surface area contributed by atoms with Gasteiger partial charge in [-0.2, -0.15) is 0 Å². The van der Waals surface area contributed by atoms with Crippen LogP contribution >= 0.6 is 23.2 Å². The van der Waals surface area contributed by atoms with E-state index in [4.69, 9.17) is 27.9 Å². The largest absolute Gasteiger partial charge is 0.496 e. The van der Waals surface area contributed by atoms with E-state index in [1.165, 1.54) is 5.56 Å². The Morgan fingerprint density at radius 2 is 1.78 bits per heavy atom. The van der Waals surface area contributed by atoms with Crippen molar-refractivity contribution in [2.24, 2.45) is 5.92 Å². The summed E-state index contributed by atoms with van der Waals surface area (Å²) in [5, 5.41) is 4.42. The molecule has 6 heteroatoms. The zero-order valence-electron chi connectivity index (χ0n) is 19.7. The van der Waals surface area contributed by atoms with Crippen molar-refractivity contribution in [1.82, 2.24) is 10.2 Å². The molecule has 1 amide bonds. The van der Waals surface area contributed by atoms with Crippen LogP contribution in [0.3, 0.4) is 0 Å². The molecule has 0 aliphatic carbocycles. The Hall–Kier alpha value is -1.75. The number of hydrogen-bond donors (Lipinski definition) is 1. The molecule has 1 heterocycles. The van der Waals surface area contributed by atoms with Crippen LogP contribution in [-0.4, -0.2) is 31.0 Å². The first-order chi connectivity index (χ1) is 15.2. The summed E-state index contributed by atoms with van der Waals surface area (Å²) in [5.41, 5.74) is 4.60. The lowest BCUT2D eigenvalue weighted by atomic mass is 9.92. The van der Waals surface area contributed by atoms with Crippen LogP contribution in [-0.2, 0) is 11.3 Å². The predicted molar refractivity (Wildman–Crippen MR) is 133 cm³/mol. The first-order valence-corrected chi connectivity index (χ1v) is 12.1. The number of carbonyl (C=O) groups is 1. The van der Waals surface area contributed by atoms with Gasteiger partial charge in [0, 0.05) is 12.5 Å². The van der Waals surface area contributed by atoms with E-state index in [9.17, 15) is 4.79 Å². The Balaban J connectivity index is 1.57. The summed E-state index contributed by atoms with van der Waals surface area (Å²) in [7, 11) is 1.71. The van der Waals surface area contributed by atoms with E-state index in [0.29, 0.717) is 16.0 Å². The van der Waals surface area contributed by atoms with Crippen LogP contribution in [0.15, 0.2) is 30.3 Å². The quantitative estimate of drug-likeness (QED) is 0.494. The maximum atomic E-state index is 13.0. The van der Waals surface area contributed by atoms with Crippen molar-refractivity contribution < 1.29 is 9.53 Å². The lowest BCUT2D eigenvalue weighted by Crippen LogP contribution is -2.41. The van der Waals surface area contributed by atoms with Crippen molar-refractivity contribution in [3.8, 4) is 5.75 Å². The zero-order chi connectivity index (χ0) is 23.4. The molecule has 2 aromatic rings. The van der Waals surface area contributed by atoms with Crippen molar-refractivity contribution in [3.05, 3.63) is 62.6 Å². The molecule has 1 aliphatic heterocycles. The van der Waals surface area contributed by atoms with Crippen molar-refractivity contribution in [1.29, 1.82) is 0 Å². The molecule has 0 saturated carbocycles. The van der Waals surface area contributed by atoms with Gasteiger partial charge >= 0.3 is 0 Å². The van der Waals surface area contributed by atoms with E-state index < -0.39 is 0 Å². The van der Waals surface area contributed by atoms with Gasteiger partial charge < -0.3 is 10.1 Å². The smallest absolute Gasteiger partial charge is 0.223 e. The highest BCUT2D eigenvalue weighted by atomic mass is 35.5. The fourth-order valence-corrected chi connectivity index (χ4v) is 4.79. The maximum absolute atomic E-state index is 13.0. The second kappa shape index (κ2) is 10.9. The van der Waals surface area contributed by atoms with Crippen LogP contribution in [0.25, 0.3) is 0 Å². The Morgan fingerprint density at radius 1 is 1.09 bits per heavy atom. The minimum Gasteiger partial charge on any atom is -0.496 e. The highest BCUT2D eigenvalue weighted by molar-refractivity contribution is 6.42. The van der Waals surface area contributed by atoms with Crippen LogP contribution in [0.4, 0.5) is 0 Å². The first-order valence-electron chi connectivity index (χ1n) is 11.3. The van der Waals surface area contributed by atoms with Crippen LogP contribution in [0.1, 0.15) is 67.8 Å². The molecule has 0 unspecified atom stereocenters. The van der Waals surface area contributed by atoms with E-state index in [0.717, 1.165) is 54.9 Å². The average molecular weight is 477 g/mol. The van der Waals surface area contributed by atoms with E-state index >= 15 is 0 Å². The number of aryl methyl sites for hydroxylation is 1. The molecule has 3 rings (SSSR count). The van der Waals surface area contributed by atoms with Crippen LogP contribution < -0.4 is 10.1 Å². The Kier molecular flexibility index (Phi) is 8.49. The monoisotopic (exact) mass is 476 g/mol. The van der Waals surface area contributed by atoms with Crippen molar-refractivity contribution >= 4 is 29.1 Å². The molecule has 174 valence electrons. The number of benzene rings is 2. The van der Waals surface area contributed by atoms with Gasteiger partial charge in [0.05, 0.1) is 23.2 Å². The minimum atomic E-state index is -0.0415. The molecule has 32 heavy (non-hydrogen) atoms. The number of ether oxygens (including phenoxy) is 1. The third-order valence-corrected chi connectivity index (χ3v) is 7.15. The van der Waals surface area contributed by atoms with Crippen molar-refractivity contribution in [2.75, 3.05) is 20.2 Å².